The van der Waals surface area contributed by atoms with Gasteiger partial charge in [0.15, 0.2) is 34.9 Å². The Balaban J connectivity index is 0.860. The molecule has 13 rings (SSSR count). The Morgan fingerprint density at radius 1 is 0.115 bits per heavy atom. The summed E-state index contributed by atoms with van der Waals surface area (Å²) in [5, 5.41) is 0. The van der Waals surface area contributed by atoms with Gasteiger partial charge in [-0.1, -0.05) is 255 Å². The first-order chi connectivity index (χ1) is 38.6. The third-order valence-corrected chi connectivity index (χ3v) is 14.0. The summed E-state index contributed by atoms with van der Waals surface area (Å²) in [6, 6.07) is 101. The molecule has 13 aromatic rings. The monoisotopic (exact) mass is 996 g/mol. The molecule has 0 saturated carbocycles. The summed E-state index contributed by atoms with van der Waals surface area (Å²) in [6.45, 7) is 0. The average Bonchev–Trinajstić information content (AvgIpc) is 3.57. The molecule has 78 heavy (non-hydrogen) atoms. The highest BCUT2D eigenvalue weighted by Gasteiger charge is 2.17. The minimum absolute atomic E-state index is 0.589. The van der Waals surface area contributed by atoms with Crippen LogP contribution in [0.25, 0.3) is 135 Å². The van der Waals surface area contributed by atoms with E-state index in [0.717, 1.165) is 100 Å². The van der Waals surface area contributed by atoms with Gasteiger partial charge in [0.05, 0.1) is 0 Å². The van der Waals surface area contributed by atoms with E-state index < -0.39 is 0 Å². The molecule has 0 aliphatic heterocycles. The van der Waals surface area contributed by atoms with Crippen LogP contribution in [0.5, 0.6) is 0 Å². The Morgan fingerprint density at radius 3 is 0.526 bits per heavy atom. The van der Waals surface area contributed by atoms with E-state index in [-0.39, 0.29) is 0 Å². The van der Waals surface area contributed by atoms with Gasteiger partial charge in [0.1, 0.15) is 0 Å². The standard InChI is InChI=1S/C72H48N6/c1-5-19-49(20-6-1)53-39-41-54(42-40-53)67-73-68(62-34-14-27-55(44-62)50-21-7-2-8-22-50)75-69(74-67)65-37-17-32-60(47-65)58-30-13-31-59(43-58)61-33-18-38-66(48-61)72-77-70(63-35-15-28-56(45-63)51-23-9-3-10-24-51)76-71(78-72)64-36-16-29-57(46-64)52-25-11-4-12-26-52/h1-48H. The third kappa shape index (κ3) is 10.2. The lowest BCUT2D eigenvalue weighted by Gasteiger charge is -2.12. The Bertz CT molecular complexity index is 4140. The van der Waals surface area contributed by atoms with Gasteiger partial charge in [0.25, 0.3) is 0 Å². The molecule has 0 aliphatic rings. The molecule has 0 atom stereocenters. The molecule has 366 valence electrons. The van der Waals surface area contributed by atoms with Gasteiger partial charge in [-0.15, -0.1) is 0 Å². The number of aromatic nitrogens is 6. The smallest absolute Gasteiger partial charge is 0.164 e. The van der Waals surface area contributed by atoms with E-state index in [4.69, 9.17) is 29.9 Å². The molecule has 11 aromatic carbocycles. The van der Waals surface area contributed by atoms with E-state index >= 15 is 0 Å². The van der Waals surface area contributed by atoms with Crippen molar-refractivity contribution in [3.05, 3.63) is 291 Å². The van der Waals surface area contributed by atoms with Crippen LogP contribution in [0.15, 0.2) is 291 Å². The zero-order chi connectivity index (χ0) is 52.0. The minimum Gasteiger partial charge on any atom is -0.208 e. The van der Waals surface area contributed by atoms with E-state index in [9.17, 15) is 0 Å². The van der Waals surface area contributed by atoms with Crippen LogP contribution in [0.4, 0.5) is 0 Å². The molecule has 2 aromatic heterocycles. The summed E-state index contributed by atoms with van der Waals surface area (Å²) in [6.07, 6.45) is 0. The van der Waals surface area contributed by atoms with E-state index in [1.807, 2.05) is 24.3 Å². The first-order valence-electron chi connectivity index (χ1n) is 26.1. The topological polar surface area (TPSA) is 77.3 Å². The van der Waals surface area contributed by atoms with Crippen molar-refractivity contribution in [1.29, 1.82) is 0 Å². The van der Waals surface area contributed by atoms with Crippen molar-refractivity contribution in [2.75, 3.05) is 0 Å². The maximum atomic E-state index is 5.20. The van der Waals surface area contributed by atoms with E-state index in [1.165, 1.54) is 0 Å². The molecule has 0 spiro atoms. The SMILES string of the molecule is c1ccc(-c2ccc(-c3nc(-c4cccc(-c5ccccc5)c4)nc(-c4cccc(-c5cccc(-c6cccc(-c7nc(-c8cccc(-c9ccccc9)c8)nc(-c8cccc(-c9ccccc9)c8)n7)c6)c5)c4)n3)cc2)cc1. The van der Waals surface area contributed by atoms with Crippen LogP contribution in [0, 0.1) is 0 Å². The van der Waals surface area contributed by atoms with Gasteiger partial charge in [-0.05, 0) is 103 Å². The summed E-state index contributed by atoms with van der Waals surface area (Å²) >= 11 is 0. The Labute approximate surface area is 453 Å². The van der Waals surface area contributed by atoms with Gasteiger partial charge in [-0.3, -0.25) is 0 Å². The molecule has 0 radical (unpaired) electrons. The first-order valence-corrected chi connectivity index (χ1v) is 26.1. The number of hydrogen-bond donors (Lipinski definition) is 0. The number of benzene rings is 11. The van der Waals surface area contributed by atoms with Gasteiger partial charge in [0, 0.05) is 33.4 Å². The van der Waals surface area contributed by atoms with Crippen LogP contribution in [-0.2, 0) is 0 Å². The predicted molar refractivity (Wildman–Crippen MR) is 318 cm³/mol. The predicted octanol–water partition coefficient (Wildman–Crippen LogP) is 18.1. The molecule has 0 amide bonds. The molecule has 0 saturated heterocycles. The fourth-order valence-corrected chi connectivity index (χ4v) is 9.93. The summed E-state index contributed by atoms with van der Waals surface area (Å²) in [7, 11) is 0. The lowest BCUT2D eigenvalue weighted by Crippen LogP contribution is -2.00. The van der Waals surface area contributed by atoms with Crippen molar-refractivity contribution in [3.63, 3.8) is 0 Å². The van der Waals surface area contributed by atoms with Crippen LogP contribution in [0.3, 0.4) is 0 Å². The Hall–Kier alpha value is -10.6. The molecule has 0 N–H and O–H groups in total. The van der Waals surface area contributed by atoms with Gasteiger partial charge in [-0.25, -0.2) is 29.9 Å². The van der Waals surface area contributed by atoms with Crippen molar-refractivity contribution < 1.29 is 0 Å². The van der Waals surface area contributed by atoms with E-state index in [2.05, 4.69) is 267 Å². The summed E-state index contributed by atoms with van der Waals surface area (Å²) in [5.74, 6) is 3.59. The average molecular weight is 997 g/mol. The Kier molecular flexibility index (Phi) is 12.9. The summed E-state index contributed by atoms with van der Waals surface area (Å²) in [4.78, 5) is 31.0. The zero-order valence-corrected chi connectivity index (χ0v) is 42.4. The zero-order valence-electron chi connectivity index (χ0n) is 42.4. The molecular formula is C72H48N6. The van der Waals surface area contributed by atoms with Gasteiger partial charge >= 0.3 is 0 Å². The number of rotatable bonds is 12. The van der Waals surface area contributed by atoms with Gasteiger partial charge < -0.3 is 0 Å². The fraction of sp³-hybridized carbons (Fsp3) is 0. The second kappa shape index (κ2) is 21.4. The van der Waals surface area contributed by atoms with Crippen molar-refractivity contribution in [1.82, 2.24) is 29.9 Å². The fourth-order valence-electron chi connectivity index (χ4n) is 9.93. The summed E-state index contributed by atoms with van der Waals surface area (Å²) < 4.78 is 0. The quantitative estimate of drug-likeness (QED) is 0.121. The molecule has 2 heterocycles. The van der Waals surface area contributed by atoms with Crippen LogP contribution < -0.4 is 0 Å². The molecule has 6 heteroatoms. The van der Waals surface area contributed by atoms with Gasteiger partial charge in [-0.2, -0.15) is 0 Å². The summed E-state index contributed by atoms with van der Waals surface area (Å²) in [5.41, 5.74) is 18.5. The van der Waals surface area contributed by atoms with Crippen LogP contribution in [0.2, 0.25) is 0 Å². The molecule has 0 fully saturated rings. The minimum atomic E-state index is 0.589. The molecule has 6 nitrogen and oxygen atoms in total. The van der Waals surface area contributed by atoms with Crippen molar-refractivity contribution >= 4 is 0 Å². The highest BCUT2D eigenvalue weighted by molar-refractivity contribution is 5.81. The molecule has 0 bridgehead atoms. The lowest BCUT2D eigenvalue weighted by molar-refractivity contribution is 1.07. The molecular weight excluding hydrogens is 949 g/mol. The second-order valence-corrected chi connectivity index (χ2v) is 19.1. The third-order valence-electron chi connectivity index (χ3n) is 14.0. The van der Waals surface area contributed by atoms with Crippen molar-refractivity contribution in [2.45, 2.75) is 0 Å². The second-order valence-electron chi connectivity index (χ2n) is 19.1. The van der Waals surface area contributed by atoms with Crippen LogP contribution in [0.1, 0.15) is 0 Å². The normalized spacial score (nSPS) is 11.1. The van der Waals surface area contributed by atoms with Crippen LogP contribution in [-0.4, -0.2) is 29.9 Å². The highest BCUT2D eigenvalue weighted by atomic mass is 15.0. The largest absolute Gasteiger partial charge is 0.208 e. The molecule has 0 unspecified atom stereocenters. The molecule has 0 aliphatic carbocycles. The lowest BCUT2D eigenvalue weighted by atomic mass is 9.97. The number of nitrogens with zero attached hydrogens (tertiary/aromatic N) is 6. The van der Waals surface area contributed by atoms with Gasteiger partial charge in [0.2, 0.25) is 0 Å². The maximum Gasteiger partial charge on any atom is 0.164 e. The van der Waals surface area contributed by atoms with E-state index in [0.29, 0.717) is 34.9 Å². The Morgan fingerprint density at radius 2 is 0.269 bits per heavy atom. The van der Waals surface area contributed by atoms with Crippen molar-refractivity contribution in [2.24, 2.45) is 0 Å². The maximum absolute atomic E-state index is 5.20. The first kappa shape index (κ1) is 47.2. The highest BCUT2D eigenvalue weighted by Crippen LogP contribution is 2.35. The van der Waals surface area contributed by atoms with E-state index in [1.54, 1.807) is 0 Å². The number of hydrogen-bond acceptors (Lipinski definition) is 6. The van der Waals surface area contributed by atoms with Crippen LogP contribution >= 0.6 is 0 Å². The van der Waals surface area contributed by atoms with Crippen molar-refractivity contribution in [3.8, 4) is 135 Å².